The van der Waals surface area contributed by atoms with Crippen LogP contribution in [-0.2, 0) is 9.59 Å². The normalized spacial score (nSPS) is 17.8. The summed E-state index contributed by atoms with van der Waals surface area (Å²) in [4.78, 5) is 29.8. The van der Waals surface area contributed by atoms with Gasteiger partial charge in [-0.05, 0) is 38.2 Å². The molecule has 178 valence electrons. The number of benzene rings is 1. The number of rotatable bonds is 9. The van der Waals surface area contributed by atoms with Gasteiger partial charge in [0.1, 0.15) is 34.8 Å². The highest BCUT2D eigenvalue weighted by Crippen LogP contribution is 2.43. The molecule has 2 heterocycles. The highest BCUT2D eigenvalue weighted by Gasteiger charge is 2.47. The van der Waals surface area contributed by atoms with Crippen LogP contribution in [0.2, 0.25) is 5.02 Å². The summed E-state index contributed by atoms with van der Waals surface area (Å²) >= 11 is 6.19. The first-order valence-corrected chi connectivity index (χ1v) is 11.1. The number of aliphatic hydroxyl groups excluding tert-OH is 1. The average Bonchev–Trinajstić information content (AvgIpc) is 3.34. The summed E-state index contributed by atoms with van der Waals surface area (Å²) in [5.41, 5.74) is 0.116. The summed E-state index contributed by atoms with van der Waals surface area (Å²) in [6.07, 6.45) is 0. The fourth-order valence-electron chi connectivity index (χ4n) is 3.99. The first kappa shape index (κ1) is 24.7. The topological polar surface area (TPSA) is 92.5 Å². The van der Waals surface area contributed by atoms with Gasteiger partial charge in [0.2, 0.25) is 0 Å². The van der Waals surface area contributed by atoms with Crippen molar-refractivity contribution in [2.75, 3.05) is 40.4 Å². The summed E-state index contributed by atoms with van der Waals surface area (Å²) in [5.74, 6) is -0.311. The summed E-state index contributed by atoms with van der Waals surface area (Å²) in [7, 11) is 2.86. The number of nitrogens with zero attached hydrogens (tertiary/aromatic N) is 2. The Morgan fingerprint density at radius 2 is 1.82 bits per heavy atom. The van der Waals surface area contributed by atoms with E-state index in [1.54, 1.807) is 19.1 Å². The maximum atomic E-state index is 13.2. The summed E-state index contributed by atoms with van der Waals surface area (Å²) < 4.78 is 16.4. The summed E-state index contributed by atoms with van der Waals surface area (Å²) in [5, 5.41) is 11.6. The van der Waals surface area contributed by atoms with Crippen molar-refractivity contribution in [1.29, 1.82) is 0 Å². The SMILES string of the molecule is CCN(CC)CCN1C(=O)C(=O)/C(=C(/O)c2cc(OC)c(Cl)cc2OC)C1c1ccc(C)o1. The smallest absolute Gasteiger partial charge is 0.295 e. The third-order valence-electron chi connectivity index (χ3n) is 5.85. The van der Waals surface area contributed by atoms with Gasteiger partial charge in [0.25, 0.3) is 11.7 Å². The molecule has 1 amide bonds. The second kappa shape index (κ2) is 10.3. The predicted molar refractivity (Wildman–Crippen MR) is 125 cm³/mol. The molecule has 1 N–H and O–H groups in total. The number of carbonyl (C=O) groups excluding carboxylic acids is 2. The Kier molecular flexibility index (Phi) is 7.71. The molecule has 3 rings (SSSR count). The number of Topliss-reactive ketones (excluding diaryl/α,β-unsaturated/α-hetero) is 1. The molecular weight excluding hydrogens is 448 g/mol. The molecule has 1 saturated heterocycles. The molecule has 1 aromatic carbocycles. The van der Waals surface area contributed by atoms with Crippen LogP contribution >= 0.6 is 11.6 Å². The van der Waals surface area contributed by atoms with Gasteiger partial charge in [-0.1, -0.05) is 25.4 Å². The van der Waals surface area contributed by atoms with Crippen LogP contribution in [0, 0.1) is 6.92 Å². The van der Waals surface area contributed by atoms with E-state index in [9.17, 15) is 14.7 Å². The number of carbonyl (C=O) groups is 2. The lowest BCUT2D eigenvalue weighted by Crippen LogP contribution is -2.37. The zero-order valence-electron chi connectivity index (χ0n) is 19.5. The number of likely N-dealkylation sites (tertiary alicyclic amines) is 1. The lowest BCUT2D eigenvalue weighted by Gasteiger charge is -2.26. The number of ether oxygens (including phenoxy) is 2. The van der Waals surface area contributed by atoms with Gasteiger partial charge in [-0.3, -0.25) is 9.59 Å². The van der Waals surface area contributed by atoms with Gasteiger partial charge in [0.15, 0.2) is 0 Å². The van der Waals surface area contributed by atoms with Gasteiger partial charge >= 0.3 is 0 Å². The van der Waals surface area contributed by atoms with Crippen molar-refractivity contribution in [1.82, 2.24) is 9.80 Å². The maximum Gasteiger partial charge on any atom is 0.295 e. The highest BCUT2D eigenvalue weighted by atomic mass is 35.5. The monoisotopic (exact) mass is 476 g/mol. The minimum atomic E-state index is -0.874. The van der Waals surface area contributed by atoms with Gasteiger partial charge in [0, 0.05) is 19.2 Å². The zero-order chi connectivity index (χ0) is 24.3. The van der Waals surface area contributed by atoms with Crippen LogP contribution in [0.4, 0.5) is 0 Å². The fraction of sp³-hybridized carbons (Fsp3) is 0.417. The van der Waals surface area contributed by atoms with E-state index in [1.807, 2.05) is 13.8 Å². The Balaban J connectivity index is 2.17. The molecule has 33 heavy (non-hydrogen) atoms. The van der Waals surface area contributed by atoms with Crippen LogP contribution < -0.4 is 9.47 Å². The van der Waals surface area contributed by atoms with Crippen molar-refractivity contribution in [3.8, 4) is 11.5 Å². The zero-order valence-corrected chi connectivity index (χ0v) is 20.2. The second-order valence-corrected chi connectivity index (χ2v) is 8.06. The van der Waals surface area contributed by atoms with Crippen LogP contribution in [0.15, 0.2) is 34.3 Å². The molecule has 1 unspecified atom stereocenters. The van der Waals surface area contributed by atoms with Crippen molar-refractivity contribution < 1.29 is 28.6 Å². The molecule has 1 aromatic heterocycles. The molecule has 1 fully saturated rings. The van der Waals surface area contributed by atoms with E-state index in [-0.39, 0.29) is 27.7 Å². The largest absolute Gasteiger partial charge is 0.507 e. The molecule has 1 aliphatic heterocycles. The Morgan fingerprint density at radius 1 is 1.15 bits per heavy atom. The molecule has 0 radical (unpaired) electrons. The van der Waals surface area contributed by atoms with Gasteiger partial charge in [0.05, 0.1) is 30.4 Å². The summed E-state index contributed by atoms with van der Waals surface area (Å²) in [6.45, 7) is 8.34. The van der Waals surface area contributed by atoms with E-state index in [0.717, 1.165) is 13.1 Å². The second-order valence-electron chi connectivity index (χ2n) is 7.65. The molecule has 1 aliphatic rings. The maximum absolute atomic E-state index is 13.2. The minimum absolute atomic E-state index is 0.0726. The molecule has 0 aliphatic carbocycles. The molecule has 2 aromatic rings. The van der Waals surface area contributed by atoms with Crippen molar-refractivity contribution in [2.45, 2.75) is 26.8 Å². The van der Waals surface area contributed by atoms with Crippen LogP contribution in [-0.4, -0.2) is 67.0 Å². The van der Waals surface area contributed by atoms with E-state index in [2.05, 4.69) is 4.90 Å². The Labute approximate surface area is 198 Å². The van der Waals surface area contributed by atoms with Crippen LogP contribution in [0.1, 0.15) is 37.0 Å². The number of amides is 1. The van der Waals surface area contributed by atoms with Crippen molar-refractivity contribution >= 4 is 29.1 Å². The van der Waals surface area contributed by atoms with E-state index >= 15 is 0 Å². The third kappa shape index (κ3) is 4.72. The van der Waals surface area contributed by atoms with Crippen molar-refractivity contribution in [2.24, 2.45) is 0 Å². The van der Waals surface area contributed by atoms with E-state index in [4.69, 9.17) is 25.5 Å². The Bertz CT molecular complexity index is 1070. The quantitative estimate of drug-likeness (QED) is 0.332. The van der Waals surface area contributed by atoms with E-state index in [0.29, 0.717) is 30.4 Å². The van der Waals surface area contributed by atoms with E-state index < -0.39 is 17.7 Å². The minimum Gasteiger partial charge on any atom is -0.507 e. The predicted octanol–water partition coefficient (Wildman–Crippen LogP) is 4.02. The Hall–Kier alpha value is -2.97. The highest BCUT2D eigenvalue weighted by molar-refractivity contribution is 6.46. The van der Waals surface area contributed by atoms with E-state index in [1.165, 1.54) is 31.3 Å². The number of aryl methyl sites for hydroxylation is 1. The van der Waals surface area contributed by atoms with Crippen molar-refractivity contribution in [3.05, 3.63) is 51.9 Å². The first-order chi connectivity index (χ1) is 15.8. The van der Waals surface area contributed by atoms with Crippen LogP contribution in [0.5, 0.6) is 11.5 Å². The third-order valence-corrected chi connectivity index (χ3v) is 6.15. The van der Waals surface area contributed by atoms with Crippen molar-refractivity contribution in [3.63, 3.8) is 0 Å². The van der Waals surface area contributed by atoms with Crippen LogP contribution in [0.3, 0.4) is 0 Å². The lowest BCUT2D eigenvalue weighted by molar-refractivity contribution is -0.140. The fourth-order valence-corrected chi connectivity index (χ4v) is 4.22. The summed E-state index contributed by atoms with van der Waals surface area (Å²) in [6, 6.07) is 5.55. The Morgan fingerprint density at radius 3 is 2.36 bits per heavy atom. The lowest BCUT2D eigenvalue weighted by atomic mass is 9.98. The average molecular weight is 477 g/mol. The number of hydrogen-bond acceptors (Lipinski definition) is 7. The number of likely N-dealkylation sites (N-methyl/N-ethyl adjacent to an activating group) is 1. The standard InChI is InChI=1S/C24H29ClN2O6/c1-6-26(7-2)10-11-27-21(17-9-8-14(3)33-17)20(23(29)24(27)30)22(28)15-12-19(32-5)16(25)13-18(15)31-4/h8-9,12-13,21,28H,6-7,10-11H2,1-5H3/b22-20+. The molecule has 8 nitrogen and oxygen atoms in total. The molecule has 0 bridgehead atoms. The van der Waals surface area contributed by atoms with Gasteiger partial charge in [-0.15, -0.1) is 0 Å². The van der Waals surface area contributed by atoms with Crippen LogP contribution in [0.25, 0.3) is 5.76 Å². The number of ketones is 1. The molecule has 1 atom stereocenters. The molecule has 9 heteroatoms. The van der Waals surface area contributed by atoms with Gasteiger partial charge < -0.3 is 28.8 Å². The first-order valence-electron chi connectivity index (χ1n) is 10.8. The number of hydrogen-bond donors (Lipinski definition) is 1. The van der Waals surface area contributed by atoms with Gasteiger partial charge in [-0.2, -0.15) is 0 Å². The molecule has 0 spiro atoms. The number of aliphatic hydroxyl groups is 1. The van der Waals surface area contributed by atoms with Gasteiger partial charge in [-0.25, -0.2) is 0 Å². The number of furan rings is 1. The number of halogens is 1. The molecule has 0 saturated carbocycles. The molecular formula is C24H29ClN2O6. The number of methoxy groups -OCH3 is 2.